The molecule has 0 fully saturated rings. The van der Waals surface area contributed by atoms with E-state index in [0.29, 0.717) is 5.92 Å². The average molecular weight is 187 g/mol. The van der Waals surface area contributed by atoms with Crippen LogP contribution in [0.3, 0.4) is 0 Å². The maximum Gasteiger partial charge on any atom is 0.0698 e. The minimum Gasteiger partial charge on any atom is -0.256 e. The van der Waals surface area contributed by atoms with Gasteiger partial charge in [-0.15, -0.1) is 0 Å². The quantitative estimate of drug-likeness (QED) is 0.699. The number of pyridine rings is 1. The Morgan fingerprint density at radius 2 is 2.14 bits per heavy atom. The second-order valence-electron chi connectivity index (χ2n) is 3.56. The molecule has 0 amide bonds. The van der Waals surface area contributed by atoms with E-state index in [1.54, 1.807) is 6.08 Å². The van der Waals surface area contributed by atoms with E-state index in [9.17, 15) is 0 Å². The van der Waals surface area contributed by atoms with Gasteiger partial charge in [-0.3, -0.25) is 4.98 Å². The summed E-state index contributed by atoms with van der Waals surface area (Å²) in [4.78, 5) is 4.29. The first-order valence-electron chi connectivity index (χ1n) is 4.94. The van der Waals surface area contributed by atoms with Crippen LogP contribution in [0, 0.1) is 0 Å². The number of allylic oxidation sites excluding steroid dienone is 1. The molecule has 74 valence electrons. The molecule has 0 aliphatic rings. The van der Waals surface area contributed by atoms with Crippen LogP contribution in [0.2, 0.25) is 0 Å². The number of hydrogen-bond donors (Lipinski definition) is 0. The smallest absolute Gasteiger partial charge is 0.0698 e. The molecule has 0 saturated heterocycles. The van der Waals surface area contributed by atoms with Crippen molar-refractivity contribution in [1.29, 1.82) is 0 Å². The summed E-state index contributed by atoms with van der Waals surface area (Å²) in [5.41, 5.74) is 3.49. The third kappa shape index (κ3) is 2.11. The summed E-state index contributed by atoms with van der Waals surface area (Å²) in [5, 5.41) is 0. The van der Waals surface area contributed by atoms with E-state index >= 15 is 0 Å². The second-order valence-corrected chi connectivity index (χ2v) is 3.56. The molecule has 0 atom stereocenters. The van der Waals surface area contributed by atoms with Crippen LogP contribution >= 0.6 is 0 Å². The lowest BCUT2D eigenvalue weighted by Crippen LogP contribution is -1.96. The summed E-state index contributed by atoms with van der Waals surface area (Å²) >= 11 is 0. The van der Waals surface area contributed by atoms with Gasteiger partial charge in [0.15, 0.2) is 0 Å². The van der Waals surface area contributed by atoms with E-state index in [-0.39, 0.29) is 0 Å². The summed E-state index contributed by atoms with van der Waals surface area (Å²) < 4.78 is 0. The van der Waals surface area contributed by atoms with Crippen molar-refractivity contribution in [2.24, 2.45) is 0 Å². The highest BCUT2D eigenvalue weighted by Crippen LogP contribution is 2.23. The van der Waals surface area contributed by atoms with Crippen molar-refractivity contribution < 1.29 is 0 Å². The molecule has 0 aliphatic heterocycles. The number of rotatable bonds is 3. The average Bonchev–Trinajstić information content (AvgIpc) is 2.18. The molecule has 14 heavy (non-hydrogen) atoms. The molecule has 0 N–H and O–H groups in total. The Morgan fingerprint density at radius 1 is 1.43 bits per heavy atom. The molecule has 1 nitrogen and oxygen atoms in total. The lowest BCUT2D eigenvalue weighted by molar-refractivity contribution is 0.859. The molecular formula is C13H17N. The molecule has 0 unspecified atom stereocenters. The summed E-state index contributed by atoms with van der Waals surface area (Å²) in [5.74, 6) is 0.517. The summed E-state index contributed by atoms with van der Waals surface area (Å²) in [6.45, 7) is 10.2. The predicted molar refractivity (Wildman–Crippen MR) is 63.1 cm³/mol. The molecule has 0 aromatic carbocycles. The van der Waals surface area contributed by atoms with E-state index < -0.39 is 0 Å². The molecule has 1 heterocycles. The lowest BCUT2D eigenvalue weighted by Gasteiger charge is -2.11. The highest BCUT2D eigenvalue weighted by atomic mass is 14.7. The summed E-state index contributed by atoms with van der Waals surface area (Å²) in [7, 11) is 0. The first-order chi connectivity index (χ1) is 6.70. The van der Waals surface area contributed by atoms with Gasteiger partial charge in [0.2, 0.25) is 0 Å². The van der Waals surface area contributed by atoms with Gasteiger partial charge in [0.05, 0.1) is 5.69 Å². The van der Waals surface area contributed by atoms with Crippen molar-refractivity contribution in [3.63, 3.8) is 0 Å². The zero-order valence-corrected chi connectivity index (χ0v) is 9.12. The molecule has 1 heteroatoms. The fourth-order valence-corrected chi connectivity index (χ4v) is 1.52. The van der Waals surface area contributed by atoms with E-state index in [1.807, 2.05) is 19.2 Å². The van der Waals surface area contributed by atoms with E-state index in [2.05, 4.69) is 37.6 Å². The van der Waals surface area contributed by atoms with Gasteiger partial charge in [0.1, 0.15) is 0 Å². The maximum absolute atomic E-state index is 4.29. The Morgan fingerprint density at radius 3 is 2.64 bits per heavy atom. The molecule has 0 spiro atoms. The number of aromatic nitrogens is 1. The first kappa shape index (κ1) is 10.7. The van der Waals surface area contributed by atoms with Crippen LogP contribution in [0.5, 0.6) is 0 Å². The molecule has 0 radical (unpaired) electrons. The standard InChI is InChI=1S/C13H17N/c1-5-7-12-11(10(3)4)8-9-14-13(12)6-2/h5-10H,2H2,1,3-4H3/b7-5-. The predicted octanol–water partition coefficient (Wildman–Crippen LogP) is 3.88. The van der Waals surface area contributed by atoms with Gasteiger partial charge in [-0.1, -0.05) is 32.6 Å². The van der Waals surface area contributed by atoms with Crippen LogP contribution in [-0.4, -0.2) is 4.98 Å². The fourth-order valence-electron chi connectivity index (χ4n) is 1.52. The Labute approximate surface area is 86.2 Å². The molecule has 0 bridgehead atoms. The monoisotopic (exact) mass is 187 g/mol. The topological polar surface area (TPSA) is 12.9 Å². The molecule has 0 aliphatic carbocycles. The first-order valence-corrected chi connectivity index (χ1v) is 4.94. The van der Waals surface area contributed by atoms with Crippen molar-refractivity contribution >= 4 is 12.2 Å². The Balaban J connectivity index is 3.34. The van der Waals surface area contributed by atoms with Crippen molar-refractivity contribution in [2.45, 2.75) is 26.7 Å². The van der Waals surface area contributed by atoms with Crippen LogP contribution in [0.4, 0.5) is 0 Å². The van der Waals surface area contributed by atoms with Crippen molar-refractivity contribution in [2.75, 3.05) is 0 Å². The molecular weight excluding hydrogens is 170 g/mol. The Hall–Kier alpha value is -1.37. The van der Waals surface area contributed by atoms with Gasteiger partial charge in [0.25, 0.3) is 0 Å². The lowest BCUT2D eigenvalue weighted by atomic mass is 9.96. The SMILES string of the molecule is C=Cc1nccc(C(C)C)c1/C=C\C. The van der Waals surface area contributed by atoms with Crippen LogP contribution in [0.1, 0.15) is 43.5 Å². The maximum atomic E-state index is 4.29. The van der Waals surface area contributed by atoms with Gasteiger partial charge >= 0.3 is 0 Å². The second kappa shape index (κ2) is 4.75. The van der Waals surface area contributed by atoms with Gasteiger partial charge in [0, 0.05) is 11.8 Å². The van der Waals surface area contributed by atoms with Gasteiger partial charge in [-0.25, -0.2) is 0 Å². The van der Waals surface area contributed by atoms with Crippen LogP contribution in [0.15, 0.2) is 24.9 Å². The molecule has 1 aromatic rings. The molecule has 0 saturated carbocycles. The normalized spacial score (nSPS) is 11.1. The largest absolute Gasteiger partial charge is 0.256 e. The van der Waals surface area contributed by atoms with E-state index in [4.69, 9.17) is 0 Å². The van der Waals surface area contributed by atoms with E-state index in [1.165, 1.54) is 11.1 Å². The van der Waals surface area contributed by atoms with E-state index in [0.717, 1.165) is 5.69 Å². The van der Waals surface area contributed by atoms with Crippen LogP contribution in [-0.2, 0) is 0 Å². The van der Waals surface area contributed by atoms with Crippen molar-refractivity contribution in [3.8, 4) is 0 Å². The highest BCUT2D eigenvalue weighted by Gasteiger charge is 2.07. The van der Waals surface area contributed by atoms with Crippen LogP contribution < -0.4 is 0 Å². The number of hydrogen-bond acceptors (Lipinski definition) is 1. The van der Waals surface area contributed by atoms with Gasteiger partial charge in [-0.2, -0.15) is 0 Å². The molecule has 1 aromatic heterocycles. The zero-order chi connectivity index (χ0) is 10.6. The summed E-state index contributed by atoms with van der Waals surface area (Å²) in [6, 6.07) is 2.08. The minimum absolute atomic E-state index is 0.517. The minimum atomic E-state index is 0.517. The van der Waals surface area contributed by atoms with Crippen molar-refractivity contribution in [3.05, 3.63) is 41.7 Å². The van der Waals surface area contributed by atoms with Crippen LogP contribution in [0.25, 0.3) is 12.2 Å². The fraction of sp³-hybridized carbons (Fsp3) is 0.308. The Kier molecular flexibility index (Phi) is 3.63. The highest BCUT2D eigenvalue weighted by molar-refractivity contribution is 5.64. The third-order valence-corrected chi connectivity index (χ3v) is 2.20. The van der Waals surface area contributed by atoms with Gasteiger partial charge in [-0.05, 0) is 30.5 Å². The third-order valence-electron chi connectivity index (χ3n) is 2.20. The summed E-state index contributed by atoms with van der Waals surface area (Å²) in [6.07, 6.45) is 7.79. The van der Waals surface area contributed by atoms with Crippen molar-refractivity contribution in [1.82, 2.24) is 4.98 Å². The Bertz CT molecular complexity index is 348. The zero-order valence-electron chi connectivity index (χ0n) is 9.12. The molecule has 1 rings (SSSR count). The number of nitrogens with zero attached hydrogens (tertiary/aromatic N) is 1. The van der Waals surface area contributed by atoms with Gasteiger partial charge < -0.3 is 0 Å².